The van der Waals surface area contributed by atoms with Crippen molar-refractivity contribution < 1.29 is 73.2 Å². The maximum Gasteiger partial charge on any atom is 0.338 e. The summed E-state index contributed by atoms with van der Waals surface area (Å²) < 4.78 is 23.5. The Morgan fingerprint density at radius 2 is 1.33 bits per heavy atom. The number of aliphatic hydroxyl groups is 5. The van der Waals surface area contributed by atoms with E-state index in [9.17, 15) is 49.5 Å². The van der Waals surface area contributed by atoms with E-state index in [4.69, 9.17) is 18.9 Å². The highest BCUT2D eigenvalue weighted by atomic mass is 16.6. The van der Waals surface area contributed by atoms with Crippen LogP contribution in [0.4, 0.5) is 0 Å². The minimum Gasteiger partial charge on any atom is -0.459 e. The third-order valence-corrected chi connectivity index (χ3v) is 13.2. The summed E-state index contributed by atoms with van der Waals surface area (Å²) in [4.78, 5) is 82.7. The standard InChI is InChI=1S/C47H53NO15/c1-25-31(62-43(57)36(53)35(28-16-10-7-11-17-28)48-41(55)29-18-12-8-13-19-29)23-47(59)40(63-42(56)30-20-14-9-15-21-30)38-45(6,32(52)22-33(60-26(2)50)46(38,58)24-49)39(54)37(61-27(3)51)34(25)44(47,4)5/h7-21,31-33,35-38,40,49,52-53,58-59H,22-24H2,1-6H3,(H,48,55)/t31-,32-,33-,35?,36+,37+,38?,40-,45+,46-,47+/m0/s1. The molecule has 2 saturated carbocycles. The molecule has 63 heavy (non-hydrogen) atoms. The molecule has 3 aromatic rings. The molecule has 0 aromatic heterocycles. The van der Waals surface area contributed by atoms with E-state index in [2.05, 4.69) is 5.32 Å². The zero-order valence-electron chi connectivity index (χ0n) is 35.7. The minimum absolute atomic E-state index is 0.0365. The highest BCUT2D eigenvalue weighted by Gasteiger charge is 2.75. The van der Waals surface area contributed by atoms with Gasteiger partial charge in [-0.25, -0.2) is 9.59 Å². The molecule has 2 fully saturated rings. The van der Waals surface area contributed by atoms with Gasteiger partial charge in [-0.1, -0.05) is 80.6 Å². The number of rotatable bonds is 11. The monoisotopic (exact) mass is 871 g/mol. The molecular formula is C47H53NO15. The van der Waals surface area contributed by atoms with Crippen LogP contribution >= 0.6 is 0 Å². The SMILES string of the molecule is CC(=O)O[C@H]1C(=O)[C@@]2(C)C([C@H](OC(=O)c3ccccc3)[C@]3(O)C[C@H](OC(=O)[C@H](O)C(NC(=O)c4ccccc4)c4ccccc4)C(C)=C1C3(C)C)[C@](O)(CO)[C@@H](OC(C)=O)C[C@@H]2O. The van der Waals surface area contributed by atoms with Crippen molar-refractivity contribution in [2.24, 2.45) is 16.7 Å². The average Bonchev–Trinajstić information content (AvgIpc) is 3.25. The molecule has 0 spiro atoms. The number of hydrogen-bond donors (Lipinski definition) is 6. The Morgan fingerprint density at radius 1 is 0.794 bits per heavy atom. The second-order valence-electron chi connectivity index (χ2n) is 17.3. The molecule has 16 heteroatoms. The summed E-state index contributed by atoms with van der Waals surface area (Å²) in [5.41, 5.74) is -9.00. The summed E-state index contributed by atoms with van der Waals surface area (Å²) in [6.45, 7) is 6.37. The lowest BCUT2D eigenvalue weighted by atomic mass is 9.45. The predicted molar refractivity (Wildman–Crippen MR) is 221 cm³/mol. The Kier molecular flexibility index (Phi) is 13.2. The Hall–Kier alpha value is -5.78. The first-order valence-corrected chi connectivity index (χ1v) is 20.5. The van der Waals surface area contributed by atoms with E-state index in [0.717, 1.165) is 13.8 Å². The summed E-state index contributed by atoms with van der Waals surface area (Å²) >= 11 is 0. The number of nitrogens with one attached hydrogen (secondary N) is 1. The van der Waals surface area contributed by atoms with Crippen molar-refractivity contribution in [2.75, 3.05) is 6.61 Å². The van der Waals surface area contributed by atoms with E-state index in [1.165, 1.54) is 64.1 Å². The van der Waals surface area contributed by atoms with E-state index in [1.807, 2.05) is 0 Å². The van der Waals surface area contributed by atoms with Gasteiger partial charge in [-0.3, -0.25) is 19.2 Å². The van der Waals surface area contributed by atoms with Crippen LogP contribution in [0.3, 0.4) is 0 Å². The van der Waals surface area contributed by atoms with Crippen LogP contribution in [-0.4, -0.2) is 116 Å². The normalized spacial score (nSPS) is 30.9. The summed E-state index contributed by atoms with van der Waals surface area (Å²) in [7, 11) is 0. The summed E-state index contributed by atoms with van der Waals surface area (Å²) in [5, 5.41) is 63.9. The van der Waals surface area contributed by atoms with Crippen molar-refractivity contribution in [1.82, 2.24) is 5.32 Å². The van der Waals surface area contributed by atoms with Crippen LogP contribution in [0, 0.1) is 16.7 Å². The van der Waals surface area contributed by atoms with E-state index < -0.39 is 126 Å². The van der Waals surface area contributed by atoms with Crippen LogP contribution in [0.15, 0.2) is 102 Å². The minimum atomic E-state index is -2.75. The number of aliphatic hydroxyl groups excluding tert-OH is 3. The average molecular weight is 872 g/mol. The van der Waals surface area contributed by atoms with E-state index in [-0.39, 0.29) is 22.3 Å². The predicted octanol–water partition coefficient (Wildman–Crippen LogP) is 2.69. The number of benzene rings is 3. The summed E-state index contributed by atoms with van der Waals surface area (Å²) in [5.74, 6) is -8.00. The number of ether oxygens (including phenoxy) is 4. The van der Waals surface area contributed by atoms with Crippen molar-refractivity contribution in [3.63, 3.8) is 0 Å². The molecule has 2 unspecified atom stereocenters. The maximum absolute atomic E-state index is 15.4. The molecule has 0 radical (unpaired) electrons. The lowest BCUT2D eigenvalue weighted by Gasteiger charge is -2.64. The van der Waals surface area contributed by atoms with Crippen molar-refractivity contribution >= 4 is 35.6 Å². The van der Waals surface area contributed by atoms with Gasteiger partial charge in [0.15, 0.2) is 18.0 Å². The summed E-state index contributed by atoms with van der Waals surface area (Å²) in [6, 6.07) is 22.3. The molecule has 1 amide bonds. The van der Waals surface area contributed by atoms with Crippen LogP contribution < -0.4 is 5.32 Å². The van der Waals surface area contributed by atoms with Gasteiger partial charge in [-0.2, -0.15) is 0 Å². The number of amides is 1. The van der Waals surface area contributed by atoms with E-state index in [1.54, 1.807) is 54.6 Å². The number of ketones is 1. The van der Waals surface area contributed by atoms with Gasteiger partial charge < -0.3 is 49.8 Å². The zero-order chi connectivity index (χ0) is 46.2. The molecule has 0 aliphatic heterocycles. The number of carbonyl (C=O) groups excluding carboxylic acids is 6. The van der Waals surface area contributed by atoms with Crippen molar-refractivity contribution in [3.05, 3.63) is 119 Å². The van der Waals surface area contributed by atoms with Gasteiger partial charge >= 0.3 is 23.9 Å². The fourth-order valence-electron chi connectivity index (χ4n) is 9.81. The van der Waals surface area contributed by atoms with E-state index in [0.29, 0.717) is 5.56 Å². The van der Waals surface area contributed by atoms with E-state index >= 15 is 4.79 Å². The van der Waals surface area contributed by atoms with Crippen LogP contribution in [0.2, 0.25) is 0 Å². The largest absolute Gasteiger partial charge is 0.459 e. The number of carbonyl (C=O) groups is 6. The fourth-order valence-corrected chi connectivity index (χ4v) is 9.81. The van der Waals surface area contributed by atoms with Gasteiger partial charge in [0.1, 0.15) is 29.5 Å². The van der Waals surface area contributed by atoms with Gasteiger partial charge in [0.05, 0.1) is 29.7 Å². The third-order valence-electron chi connectivity index (χ3n) is 13.2. The molecular weight excluding hydrogens is 819 g/mol. The quantitative estimate of drug-likeness (QED) is 0.0921. The van der Waals surface area contributed by atoms with Crippen molar-refractivity contribution in [3.8, 4) is 0 Å². The number of fused-ring (bicyclic) bond motifs is 3. The molecule has 3 aliphatic carbocycles. The van der Waals surface area contributed by atoms with Gasteiger partial charge in [0, 0.05) is 43.6 Å². The molecule has 11 atom stereocenters. The lowest BCUT2D eigenvalue weighted by Crippen LogP contribution is -2.78. The molecule has 6 N–H and O–H groups in total. The van der Waals surface area contributed by atoms with Gasteiger partial charge in [-0.05, 0) is 54.8 Å². The molecule has 0 saturated heterocycles. The molecule has 0 heterocycles. The van der Waals surface area contributed by atoms with Gasteiger partial charge in [0.2, 0.25) is 0 Å². The first-order valence-electron chi connectivity index (χ1n) is 20.5. The smallest absolute Gasteiger partial charge is 0.338 e. The molecule has 3 aromatic carbocycles. The molecule has 6 rings (SSSR count). The van der Waals surface area contributed by atoms with Crippen molar-refractivity contribution in [1.29, 1.82) is 0 Å². The second kappa shape index (κ2) is 17.8. The zero-order valence-corrected chi connectivity index (χ0v) is 35.7. The maximum atomic E-state index is 15.4. The first kappa shape index (κ1) is 46.7. The lowest BCUT2D eigenvalue weighted by molar-refractivity contribution is -0.287. The Morgan fingerprint density at radius 3 is 1.87 bits per heavy atom. The van der Waals surface area contributed by atoms with Gasteiger partial charge in [-0.15, -0.1) is 0 Å². The number of Topliss-reactive ketones (excluding diaryl/α,β-unsaturated/α-hetero) is 1. The molecule has 336 valence electrons. The topological polar surface area (TPSA) is 253 Å². The Bertz CT molecular complexity index is 2260. The Balaban J connectivity index is 1.54. The molecule has 3 aliphatic rings. The third kappa shape index (κ3) is 8.29. The first-order chi connectivity index (χ1) is 29.6. The second-order valence-corrected chi connectivity index (χ2v) is 17.3. The van der Waals surface area contributed by atoms with Gasteiger partial charge in [0.25, 0.3) is 5.91 Å². The summed E-state index contributed by atoms with van der Waals surface area (Å²) in [6.07, 6.45) is -12.7. The molecule has 2 bridgehead atoms. The van der Waals surface area contributed by atoms with Crippen LogP contribution in [0.5, 0.6) is 0 Å². The number of hydrogen-bond acceptors (Lipinski definition) is 15. The van der Waals surface area contributed by atoms with Crippen LogP contribution in [-0.2, 0) is 38.1 Å². The highest BCUT2D eigenvalue weighted by molar-refractivity contribution is 5.96. The van der Waals surface area contributed by atoms with Crippen LogP contribution in [0.1, 0.15) is 86.7 Å². The highest BCUT2D eigenvalue weighted by Crippen LogP contribution is 2.62. The van der Waals surface area contributed by atoms with Crippen molar-refractivity contribution in [2.45, 2.75) is 108 Å². The fraction of sp³-hybridized carbons (Fsp3) is 0.447. The van der Waals surface area contributed by atoms with Crippen LogP contribution in [0.25, 0.3) is 0 Å². The Labute approximate surface area is 363 Å². The molecule has 16 nitrogen and oxygen atoms in total. The number of esters is 4.